The van der Waals surface area contributed by atoms with Gasteiger partial charge in [-0.15, -0.1) is 0 Å². The zero-order valence-electron chi connectivity index (χ0n) is 10.7. The predicted molar refractivity (Wildman–Crippen MR) is 66.0 cm³/mol. The van der Waals surface area contributed by atoms with Crippen LogP contribution in [0.4, 0.5) is 18.9 Å². The van der Waals surface area contributed by atoms with E-state index in [1.165, 1.54) is 0 Å². The maximum Gasteiger partial charge on any atom is 0.416 e. The summed E-state index contributed by atoms with van der Waals surface area (Å²) in [5, 5.41) is 17.9. The molecule has 5 nitrogen and oxygen atoms in total. The van der Waals surface area contributed by atoms with Crippen LogP contribution in [0, 0.1) is 11.3 Å². The lowest BCUT2D eigenvalue weighted by Gasteiger charge is -2.32. The van der Waals surface area contributed by atoms with Crippen molar-refractivity contribution in [2.24, 2.45) is 0 Å². The maximum atomic E-state index is 12.7. The first-order chi connectivity index (χ1) is 9.82. The van der Waals surface area contributed by atoms with Gasteiger partial charge in [0.25, 0.3) is 0 Å². The summed E-state index contributed by atoms with van der Waals surface area (Å²) in [4.78, 5) is 12.7. The number of alkyl halides is 3. The number of nitrogens with zero attached hydrogens (tertiary/aromatic N) is 2. The van der Waals surface area contributed by atoms with Gasteiger partial charge >= 0.3 is 12.1 Å². The van der Waals surface area contributed by atoms with E-state index in [9.17, 15) is 18.0 Å². The van der Waals surface area contributed by atoms with Crippen LogP contribution in [-0.4, -0.2) is 36.9 Å². The largest absolute Gasteiger partial charge is 0.478 e. The number of morpholine rings is 1. The molecule has 0 aliphatic carbocycles. The number of anilines is 1. The van der Waals surface area contributed by atoms with E-state index >= 15 is 0 Å². The number of hydrogen-bond acceptors (Lipinski definition) is 4. The summed E-state index contributed by atoms with van der Waals surface area (Å²) in [6.07, 6.45) is -5.34. The Morgan fingerprint density at radius 3 is 2.76 bits per heavy atom. The Morgan fingerprint density at radius 1 is 1.48 bits per heavy atom. The van der Waals surface area contributed by atoms with Crippen LogP contribution >= 0.6 is 0 Å². The van der Waals surface area contributed by atoms with Crippen LogP contribution in [0.15, 0.2) is 18.2 Å². The molecule has 0 amide bonds. The first kappa shape index (κ1) is 15.1. The fourth-order valence-electron chi connectivity index (χ4n) is 2.11. The fraction of sp³-hybridized carbons (Fsp3) is 0.385. The number of halogens is 3. The minimum Gasteiger partial charge on any atom is -0.478 e. The summed E-state index contributed by atoms with van der Waals surface area (Å²) in [5.41, 5.74) is -1.31. The van der Waals surface area contributed by atoms with Crippen molar-refractivity contribution in [3.8, 4) is 6.07 Å². The number of carboxylic acids is 1. The molecule has 1 aromatic rings. The number of ether oxygens (including phenoxy) is 1. The molecule has 112 valence electrons. The van der Waals surface area contributed by atoms with Gasteiger partial charge in [-0.05, 0) is 18.2 Å². The zero-order valence-corrected chi connectivity index (χ0v) is 10.7. The third kappa shape index (κ3) is 3.25. The molecule has 1 atom stereocenters. The van der Waals surface area contributed by atoms with Crippen molar-refractivity contribution < 1.29 is 27.8 Å². The van der Waals surface area contributed by atoms with Gasteiger partial charge in [-0.25, -0.2) is 4.79 Å². The lowest BCUT2D eigenvalue weighted by molar-refractivity contribution is -0.137. The van der Waals surface area contributed by atoms with Crippen molar-refractivity contribution in [3.05, 3.63) is 29.3 Å². The minimum atomic E-state index is -4.61. The summed E-state index contributed by atoms with van der Waals surface area (Å²) >= 11 is 0. The van der Waals surface area contributed by atoms with Crippen molar-refractivity contribution in [2.45, 2.75) is 12.3 Å². The molecule has 1 N–H and O–H groups in total. The van der Waals surface area contributed by atoms with Gasteiger partial charge in [-0.2, -0.15) is 18.4 Å². The van der Waals surface area contributed by atoms with Gasteiger partial charge in [0.15, 0.2) is 6.10 Å². The Kier molecular flexibility index (Phi) is 4.04. The smallest absolute Gasteiger partial charge is 0.416 e. The van der Waals surface area contributed by atoms with Crippen LogP contribution in [0.5, 0.6) is 0 Å². The highest BCUT2D eigenvalue weighted by Gasteiger charge is 2.33. The van der Waals surface area contributed by atoms with E-state index < -0.39 is 29.4 Å². The number of aromatic carboxylic acids is 1. The van der Waals surface area contributed by atoms with Crippen molar-refractivity contribution in [3.63, 3.8) is 0 Å². The summed E-state index contributed by atoms with van der Waals surface area (Å²) in [5.74, 6) is -1.45. The highest BCUT2D eigenvalue weighted by Crippen LogP contribution is 2.33. The molecule has 21 heavy (non-hydrogen) atoms. The van der Waals surface area contributed by atoms with E-state index in [-0.39, 0.29) is 18.8 Å². The second-order valence-electron chi connectivity index (χ2n) is 4.47. The van der Waals surface area contributed by atoms with Crippen molar-refractivity contribution in [1.29, 1.82) is 5.26 Å². The molecule has 1 unspecified atom stereocenters. The quantitative estimate of drug-likeness (QED) is 0.905. The average Bonchev–Trinajstić information content (AvgIpc) is 2.45. The molecule has 2 rings (SSSR count). The highest BCUT2D eigenvalue weighted by atomic mass is 19.4. The van der Waals surface area contributed by atoms with Crippen LogP contribution in [0.2, 0.25) is 0 Å². The highest BCUT2D eigenvalue weighted by molar-refractivity contribution is 5.94. The monoisotopic (exact) mass is 300 g/mol. The molecule has 1 aromatic carbocycles. The lowest BCUT2D eigenvalue weighted by Crippen LogP contribution is -2.42. The second-order valence-corrected chi connectivity index (χ2v) is 4.47. The Labute approximate surface area is 118 Å². The number of benzene rings is 1. The number of hydrogen-bond donors (Lipinski definition) is 1. The molecule has 0 saturated carbocycles. The van der Waals surface area contributed by atoms with Crippen molar-refractivity contribution >= 4 is 11.7 Å². The van der Waals surface area contributed by atoms with Crippen LogP contribution in [0.25, 0.3) is 0 Å². The van der Waals surface area contributed by atoms with E-state index in [0.717, 1.165) is 12.1 Å². The molecular weight excluding hydrogens is 289 g/mol. The summed E-state index contributed by atoms with van der Waals surface area (Å²) in [6.45, 7) is 0.629. The summed E-state index contributed by atoms with van der Waals surface area (Å²) < 4.78 is 43.1. The van der Waals surface area contributed by atoms with Crippen LogP contribution in [-0.2, 0) is 10.9 Å². The van der Waals surface area contributed by atoms with Crippen LogP contribution < -0.4 is 4.90 Å². The van der Waals surface area contributed by atoms with Gasteiger partial charge < -0.3 is 14.7 Å². The van der Waals surface area contributed by atoms with Gasteiger partial charge in [-0.3, -0.25) is 0 Å². The number of carbonyl (C=O) groups is 1. The Hall–Kier alpha value is -2.27. The Bertz CT molecular complexity index is 595. The van der Waals surface area contributed by atoms with Crippen molar-refractivity contribution in [2.75, 3.05) is 24.6 Å². The van der Waals surface area contributed by atoms with E-state index in [0.29, 0.717) is 12.6 Å². The topological polar surface area (TPSA) is 73.6 Å². The van der Waals surface area contributed by atoms with Crippen LogP contribution in [0.3, 0.4) is 0 Å². The molecule has 1 heterocycles. The molecule has 8 heteroatoms. The first-order valence-electron chi connectivity index (χ1n) is 6.03. The standard InChI is InChI=1S/C13H11F3N2O3/c14-13(15,16)8-1-2-11(10(5-8)12(19)20)18-3-4-21-9(6-17)7-18/h1-2,5,9H,3-4,7H2,(H,19,20). The third-order valence-corrected chi connectivity index (χ3v) is 3.11. The SMILES string of the molecule is N#CC1CN(c2ccc(C(F)(F)F)cc2C(=O)O)CCO1. The Balaban J connectivity index is 2.40. The minimum absolute atomic E-state index is 0.113. The second kappa shape index (κ2) is 5.61. The van der Waals surface area contributed by atoms with Crippen molar-refractivity contribution in [1.82, 2.24) is 0 Å². The van der Waals surface area contributed by atoms with E-state index in [4.69, 9.17) is 15.1 Å². The molecule has 0 radical (unpaired) electrons. The summed E-state index contributed by atoms with van der Waals surface area (Å²) in [6, 6.07) is 4.45. The van der Waals surface area contributed by atoms with Gasteiger partial charge in [0.1, 0.15) is 0 Å². The van der Waals surface area contributed by atoms with Gasteiger partial charge in [-0.1, -0.05) is 0 Å². The molecule has 0 bridgehead atoms. The molecule has 1 saturated heterocycles. The van der Waals surface area contributed by atoms with Crippen LogP contribution in [0.1, 0.15) is 15.9 Å². The molecule has 0 spiro atoms. The first-order valence-corrected chi connectivity index (χ1v) is 6.03. The molecule has 1 aliphatic heterocycles. The molecule has 1 aliphatic rings. The van der Waals surface area contributed by atoms with Gasteiger partial charge in [0.05, 0.1) is 36.0 Å². The van der Waals surface area contributed by atoms with E-state index in [1.54, 1.807) is 4.90 Å². The number of carboxylic acid groups (broad SMARTS) is 1. The number of rotatable bonds is 2. The lowest BCUT2D eigenvalue weighted by atomic mass is 10.1. The molecule has 0 aromatic heterocycles. The normalized spacial score (nSPS) is 19.1. The van der Waals surface area contributed by atoms with E-state index in [1.807, 2.05) is 6.07 Å². The molecular formula is C13H11F3N2O3. The third-order valence-electron chi connectivity index (χ3n) is 3.11. The van der Waals surface area contributed by atoms with E-state index in [2.05, 4.69) is 0 Å². The zero-order chi connectivity index (χ0) is 15.6. The van der Waals surface area contributed by atoms with Gasteiger partial charge in [0, 0.05) is 6.54 Å². The summed E-state index contributed by atoms with van der Waals surface area (Å²) in [7, 11) is 0. The molecule has 1 fully saturated rings. The Morgan fingerprint density at radius 2 is 2.19 bits per heavy atom. The maximum absolute atomic E-state index is 12.7. The average molecular weight is 300 g/mol. The predicted octanol–water partition coefficient (Wildman–Crippen LogP) is 2.13. The number of nitriles is 1. The fourth-order valence-corrected chi connectivity index (χ4v) is 2.11. The van der Waals surface area contributed by atoms with Gasteiger partial charge in [0.2, 0.25) is 0 Å².